The van der Waals surface area contributed by atoms with Crippen molar-refractivity contribution in [3.8, 4) is 0 Å². The monoisotopic (exact) mass is 468 g/mol. The molecule has 0 bridgehead atoms. The third kappa shape index (κ3) is 4.57. The van der Waals surface area contributed by atoms with Gasteiger partial charge in [0.1, 0.15) is 17.2 Å². The second kappa shape index (κ2) is 10.1. The molecule has 11 nitrogen and oxygen atoms in total. The van der Waals surface area contributed by atoms with Gasteiger partial charge in [-0.15, -0.1) is 16.9 Å². The van der Waals surface area contributed by atoms with Crippen LogP contribution in [0.3, 0.4) is 0 Å². The van der Waals surface area contributed by atoms with Crippen LogP contribution >= 0.6 is 23.5 Å². The van der Waals surface area contributed by atoms with E-state index in [1.807, 2.05) is 0 Å². The predicted octanol–water partition coefficient (Wildman–Crippen LogP) is -3.58. The molecule has 1 aromatic carbocycles. The fraction of sp³-hybridized carbons (Fsp3) is 0.333. The number of aryl methyl sites for hydroxylation is 1. The van der Waals surface area contributed by atoms with Crippen LogP contribution in [0.5, 0.6) is 0 Å². The van der Waals surface area contributed by atoms with E-state index in [0.29, 0.717) is 27.8 Å². The molecule has 3 heterocycles. The number of amides is 1. The van der Waals surface area contributed by atoms with E-state index >= 15 is 0 Å². The first-order valence-electron chi connectivity index (χ1n) is 9.11. The molecule has 162 valence electrons. The summed E-state index contributed by atoms with van der Waals surface area (Å²) in [5, 5.41) is 43.3. The van der Waals surface area contributed by atoms with Crippen molar-refractivity contribution in [2.45, 2.75) is 22.7 Å². The Bertz CT molecular complexity index is 1080. The summed E-state index contributed by atoms with van der Waals surface area (Å²) in [5.41, 5.74) is 0.836. The van der Waals surface area contributed by atoms with Gasteiger partial charge in [-0.3, -0.25) is 14.7 Å². The second-order valence-electron chi connectivity index (χ2n) is 6.77. The van der Waals surface area contributed by atoms with Crippen LogP contribution in [0.2, 0.25) is 0 Å². The van der Waals surface area contributed by atoms with Crippen molar-refractivity contribution < 1.29 is 43.8 Å². The zero-order valence-corrected chi connectivity index (χ0v) is 18.8. The fourth-order valence-corrected chi connectivity index (χ4v) is 5.56. The van der Waals surface area contributed by atoms with Gasteiger partial charge >= 0.3 is 24.8 Å². The average molecular weight is 468 g/mol. The maximum Gasteiger partial charge on any atom is 1.00 e. The van der Waals surface area contributed by atoms with Crippen molar-refractivity contribution in [3.05, 3.63) is 47.2 Å². The Morgan fingerprint density at radius 1 is 1.41 bits per heavy atom. The molecule has 0 spiro atoms. The van der Waals surface area contributed by atoms with E-state index in [1.165, 1.54) is 28.2 Å². The summed E-state index contributed by atoms with van der Waals surface area (Å²) in [6.45, 7) is 0. The molecule has 1 saturated heterocycles. The van der Waals surface area contributed by atoms with Gasteiger partial charge in [-0.2, -0.15) is 0 Å². The number of aromatic nitrogens is 4. The van der Waals surface area contributed by atoms with Gasteiger partial charge in [0.2, 0.25) is 5.16 Å². The van der Waals surface area contributed by atoms with E-state index < -0.39 is 35.3 Å². The molecule has 1 fully saturated rings. The third-order valence-electron chi connectivity index (χ3n) is 4.79. The first-order valence-corrected chi connectivity index (χ1v) is 11.1. The number of aliphatic imine (C=N–C) groups is 1. The molecule has 2 aliphatic rings. The van der Waals surface area contributed by atoms with Gasteiger partial charge in [0.25, 0.3) is 5.91 Å². The molecule has 0 aliphatic carbocycles. The summed E-state index contributed by atoms with van der Waals surface area (Å²) in [6, 6.07) is 7.26. The van der Waals surface area contributed by atoms with Crippen LogP contribution in [-0.2, 0) is 16.6 Å². The van der Waals surface area contributed by atoms with E-state index in [4.69, 9.17) is 0 Å². The molecule has 3 unspecified atom stereocenters. The Morgan fingerprint density at radius 2 is 2.12 bits per heavy atom. The number of carbonyl (C=O) groups is 2. The van der Waals surface area contributed by atoms with Crippen molar-refractivity contribution >= 4 is 41.3 Å². The van der Waals surface area contributed by atoms with Crippen molar-refractivity contribution in [3.63, 3.8) is 0 Å². The minimum Gasteiger partial charge on any atom is -0.860 e. The molecule has 2 N–H and O–H groups in total. The number of nitrogens with zero attached hydrogens (tertiary/aromatic N) is 6. The number of aliphatic hydroxyl groups excluding tert-OH is 1. The van der Waals surface area contributed by atoms with Gasteiger partial charge in [0, 0.05) is 18.6 Å². The first-order chi connectivity index (χ1) is 14.9. The Kier molecular flexibility index (Phi) is 7.68. The standard InChI is InChI=1S/C18H18N6O5S2.Li/c1-23-18(20-21-22-23)31-8-10-7-30-16-11(15(27)24(16)12(10)17(28)29)19-14(26)13(25)9-5-3-2-4-6-9;/h2-6,11,13,16,25H,7-8H2,1H3,(H,19,26)(H,28,29);/q;+1/p-1. The molecule has 1 aromatic heterocycles. The summed E-state index contributed by atoms with van der Waals surface area (Å²) < 4.78 is 1.47. The van der Waals surface area contributed by atoms with Gasteiger partial charge in [-0.1, -0.05) is 42.1 Å². The zero-order valence-electron chi connectivity index (χ0n) is 17.2. The number of β-lactam (4-membered cyclic amide) rings is 1. The van der Waals surface area contributed by atoms with Crippen LogP contribution in [0.1, 0.15) is 11.7 Å². The van der Waals surface area contributed by atoms with Crippen LogP contribution in [0.15, 0.2) is 51.8 Å². The summed E-state index contributed by atoms with van der Waals surface area (Å²) in [5.74, 6) is -1.98. The summed E-state index contributed by atoms with van der Waals surface area (Å²) in [4.78, 5) is 29.6. The maximum atomic E-state index is 12.7. The number of tetrazole rings is 1. The van der Waals surface area contributed by atoms with Crippen LogP contribution in [0.25, 0.3) is 0 Å². The number of aliphatic hydroxyl groups is 1. The Morgan fingerprint density at radius 3 is 2.75 bits per heavy atom. The Labute approximate surface area is 203 Å². The van der Waals surface area contributed by atoms with Crippen molar-refractivity contribution in [1.29, 1.82) is 0 Å². The second-order valence-corrected chi connectivity index (χ2v) is 8.81. The molecule has 2 aliphatic heterocycles. The number of hydrogen-bond acceptors (Lipinski definition) is 10. The Balaban J connectivity index is 0.00000289. The van der Waals surface area contributed by atoms with Crippen LogP contribution in [0.4, 0.5) is 0 Å². The molecule has 1 amide bonds. The van der Waals surface area contributed by atoms with Gasteiger partial charge < -0.3 is 15.3 Å². The summed E-state index contributed by atoms with van der Waals surface area (Å²) in [7, 11) is 1.67. The van der Waals surface area contributed by atoms with E-state index in [9.17, 15) is 24.9 Å². The third-order valence-corrected chi connectivity index (χ3v) is 7.22. The van der Waals surface area contributed by atoms with Crippen molar-refractivity contribution in [2.24, 2.45) is 12.0 Å². The van der Waals surface area contributed by atoms with E-state index in [2.05, 4.69) is 20.5 Å². The largest absolute Gasteiger partial charge is 1.00 e. The van der Waals surface area contributed by atoms with Gasteiger partial charge in [0.05, 0.1) is 0 Å². The minimum atomic E-state index is -1.47. The molecule has 4 rings (SSSR count). The summed E-state index contributed by atoms with van der Waals surface area (Å²) in [6.07, 6.45) is -1.47. The number of rotatable bonds is 7. The zero-order chi connectivity index (χ0) is 22.1. The average Bonchev–Trinajstić information content (AvgIpc) is 3.19. The molecular weight excluding hydrogens is 451 g/mol. The van der Waals surface area contributed by atoms with E-state index in [0.717, 1.165) is 4.90 Å². The van der Waals surface area contributed by atoms with E-state index in [1.54, 1.807) is 37.4 Å². The van der Waals surface area contributed by atoms with E-state index in [-0.39, 0.29) is 24.6 Å². The number of carboxylic acid groups (broad SMARTS) is 1. The number of fused-ring (bicyclic) bond motifs is 1. The van der Waals surface area contributed by atoms with Crippen LogP contribution in [-0.4, -0.2) is 76.0 Å². The number of carbonyl (C=O) groups excluding carboxylic acids is 1. The topological polar surface area (TPSA) is 157 Å². The molecular formula is C18H17LiN6O5S2. The van der Waals surface area contributed by atoms with Gasteiger partial charge in [0.15, 0.2) is 6.04 Å². The number of carboxylic acids is 1. The number of hydrogen-bond donors (Lipinski definition) is 2. The first kappa shape index (κ1) is 24.3. The number of benzene rings is 1. The normalized spacial score (nSPS) is 21.5. The summed E-state index contributed by atoms with van der Waals surface area (Å²) >= 11 is 2.60. The van der Waals surface area contributed by atoms with Gasteiger partial charge in [-0.25, -0.2) is 9.48 Å². The quantitative estimate of drug-likeness (QED) is 0.137. The molecule has 14 heteroatoms. The minimum absolute atomic E-state index is 0. The smallest absolute Gasteiger partial charge is 0.860 e. The molecule has 0 radical (unpaired) electrons. The van der Waals surface area contributed by atoms with Crippen molar-refractivity contribution in [1.82, 2.24) is 25.1 Å². The fourth-order valence-electron chi connectivity index (χ4n) is 3.24. The predicted molar refractivity (Wildman–Crippen MR) is 110 cm³/mol. The SMILES string of the molecule is Cn1nnnc1SCC1=C(C(=O)O)N2C(=O)C(N=C([O-])C(O)c3ccccc3)C2SC1.[Li+]. The molecule has 0 saturated carbocycles. The number of aliphatic carboxylic acids is 1. The van der Waals surface area contributed by atoms with Crippen molar-refractivity contribution in [2.75, 3.05) is 11.5 Å². The molecule has 2 aromatic rings. The van der Waals surface area contributed by atoms with Crippen LogP contribution in [0, 0.1) is 0 Å². The Hall–Kier alpha value is -2.30. The molecule has 3 atom stereocenters. The maximum absolute atomic E-state index is 12.7. The van der Waals surface area contributed by atoms with Gasteiger partial charge in [-0.05, 0) is 27.5 Å². The van der Waals surface area contributed by atoms with Crippen LogP contribution < -0.4 is 24.0 Å². The molecule has 32 heavy (non-hydrogen) atoms. The number of thioether (sulfide) groups is 2.